The van der Waals surface area contributed by atoms with E-state index in [2.05, 4.69) is 10.6 Å². The normalized spacial score (nSPS) is 14.6. The van der Waals surface area contributed by atoms with Crippen LogP contribution in [0, 0.1) is 5.92 Å². The lowest BCUT2D eigenvalue weighted by Crippen LogP contribution is -2.22. The van der Waals surface area contributed by atoms with Gasteiger partial charge in [0.2, 0.25) is 11.8 Å². The Kier molecular flexibility index (Phi) is 5.66. The third kappa shape index (κ3) is 5.25. The fourth-order valence-corrected chi connectivity index (χ4v) is 3.33. The van der Waals surface area contributed by atoms with Crippen molar-refractivity contribution < 1.29 is 9.59 Å². The molecule has 2 N–H and O–H groups in total. The van der Waals surface area contributed by atoms with Crippen LogP contribution in [0.5, 0.6) is 0 Å². The van der Waals surface area contributed by atoms with E-state index in [9.17, 15) is 9.59 Å². The van der Waals surface area contributed by atoms with Gasteiger partial charge >= 0.3 is 0 Å². The van der Waals surface area contributed by atoms with Gasteiger partial charge in [-0.25, -0.2) is 0 Å². The number of hydrogen-bond donors (Lipinski definition) is 2. The maximum absolute atomic E-state index is 12.3. The maximum Gasteiger partial charge on any atom is 0.237 e. The Hall–Kier alpha value is -1.98. The minimum atomic E-state index is -0.258. The first kappa shape index (κ1) is 17.8. The SMILES string of the molecule is CC(Sc1ccc(NC(=O)C2CC2)cc1)C(=O)Nc1cccc(Cl)c1. The molecule has 1 saturated carbocycles. The highest BCUT2D eigenvalue weighted by atomic mass is 35.5. The molecular formula is C19H19ClN2O2S. The molecule has 1 atom stereocenters. The number of anilines is 2. The Bertz CT molecular complexity index is 775. The van der Waals surface area contributed by atoms with Crippen LogP contribution in [0.15, 0.2) is 53.4 Å². The summed E-state index contributed by atoms with van der Waals surface area (Å²) in [5.74, 6) is 0.192. The average Bonchev–Trinajstić information content (AvgIpc) is 3.41. The van der Waals surface area contributed by atoms with Crippen LogP contribution in [0.3, 0.4) is 0 Å². The van der Waals surface area contributed by atoms with Gasteiger partial charge in [-0.15, -0.1) is 11.8 Å². The van der Waals surface area contributed by atoms with Crippen molar-refractivity contribution in [1.82, 2.24) is 0 Å². The molecule has 2 aromatic rings. The highest BCUT2D eigenvalue weighted by molar-refractivity contribution is 8.00. The molecule has 3 rings (SSSR count). The first-order chi connectivity index (χ1) is 12.0. The van der Waals surface area contributed by atoms with Gasteiger partial charge in [-0.2, -0.15) is 0 Å². The van der Waals surface area contributed by atoms with Crippen LogP contribution in [0.2, 0.25) is 5.02 Å². The average molecular weight is 375 g/mol. The van der Waals surface area contributed by atoms with E-state index in [0.717, 1.165) is 23.4 Å². The molecular weight excluding hydrogens is 356 g/mol. The summed E-state index contributed by atoms with van der Waals surface area (Å²) in [4.78, 5) is 25.0. The topological polar surface area (TPSA) is 58.2 Å². The van der Waals surface area contributed by atoms with E-state index < -0.39 is 0 Å². The van der Waals surface area contributed by atoms with Crippen LogP contribution in [0.1, 0.15) is 19.8 Å². The van der Waals surface area contributed by atoms with Crippen molar-refractivity contribution >= 4 is 46.6 Å². The Balaban J connectivity index is 1.53. The van der Waals surface area contributed by atoms with Crippen molar-refractivity contribution in [2.45, 2.75) is 29.9 Å². The van der Waals surface area contributed by atoms with Gasteiger partial charge in [-0.05, 0) is 62.2 Å². The molecule has 0 saturated heterocycles. The van der Waals surface area contributed by atoms with Gasteiger partial charge in [0, 0.05) is 27.2 Å². The zero-order valence-corrected chi connectivity index (χ0v) is 15.4. The van der Waals surface area contributed by atoms with Gasteiger partial charge in [0.1, 0.15) is 0 Å². The van der Waals surface area contributed by atoms with Crippen LogP contribution >= 0.6 is 23.4 Å². The molecule has 2 aromatic carbocycles. The van der Waals surface area contributed by atoms with Gasteiger partial charge in [-0.1, -0.05) is 17.7 Å². The second kappa shape index (κ2) is 7.93. The van der Waals surface area contributed by atoms with Crippen molar-refractivity contribution in [3.8, 4) is 0 Å². The van der Waals surface area contributed by atoms with E-state index in [-0.39, 0.29) is 23.0 Å². The number of rotatable bonds is 6. The molecule has 0 aliphatic heterocycles. The van der Waals surface area contributed by atoms with E-state index >= 15 is 0 Å². The largest absolute Gasteiger partial charge is 0.326 e. The molecule has 0 aromatic heterocycles. The Morgan fingerprint density at radius 3 is 2.44 bits per heavy atom. The second-order valence-electron chi connectivity index (χ2n) is 6.05. The summed E-state index contributed by atoms with van der Waals surface area (Å²) in [6, 6.07) is 14.6. The molecule has 1 aliphatic rings. The van der Waals surface area contributed by atoms with Crippen LogP contribution < -0.4 is 10.6 Å². The standard InChI is InChI=1S/C19H19ClN2O2S/c1-12(18(23)22-16-4-2-3-14(20)11-16)25-17-9-7-15(8-10-17)21-19(24)13-5-6-13/h2-4,7-13H,5-6H2,1H3,(H,21,24)(H,22,23). The third-order valence-corrected chi connectivity index (χ3v) is 5.19. The van der Waals surface area contributed by atoms with Crippen molar-refractivity contribution in [1.29, 1.82) is 0 Å². The molecule has 25 heavy (non-hydrogen) atoms. The second-order valence-corrected chi connectivity index (χ2v) is 7.90. The molecule has 1 fully saturated rings. The summed E-state index contributed by atoms with van der Waals surface area (Å²) in [7, 11) is 0. The molecule has 4 nitrogen and oxygen atoms in total. The minimum Gasteiger partial charge on any atom is -0.326 e. The number of carbonyl (C=O) groups excluding carboxylic acids is 2. The number of benzene rings is 2. The van der Waals surface area contributed by atoms with Crippen LogP contribution in [-0.2, 0) is 9.59 Å². The van der Waals surface area contributed by atoms with Gasteiger partial charge in [0.25, 0.3) is 0 Å². The van der Waals surface area contributed by atoms with E-state index in [0.29, 0.717) is 10.7 Å². The van der Waals surface area contributed by atoms with E-state index in [1.807, 2.05) is 31.2 Å². The number of nitrogens with one attached hydrogen (secondary N) is 2. The van der Waals surface area contributed by atoms with Crippen molar-refractivity contribution in [2.75, 3.05) is 10.6 Å². The van der Waals surface area contributed by atoms with Crippen LogP contribution in [-0.4, -0.2) is 17.1 Å². The zero-order chi connectivity index (χ0) is 17.8. The molecule has 6 heteroatoms. The molecule has 0 radical (unpaired) electrons. The van der Waals surface area contributed by atoms with Gasteiger partial charge in [0.15, 0.2) is 0 Å². The summed E-state index contributed by atoms with van der Waals surface area (Å²) >= 11 is 7.39. The summed E-state index contributed by atoms with van der Waals surface area (Å²) in [5, 5.41) is 6.09. The van der Waals surface area contributed by atoms with E-state index in [4.69, 9.17) is 11.6 Å². The molecule has 0 heterocycles. The Labute approximate surface area is 156 Å². The molecule has 2 amide bonds. The number of halogens is 1. The van der Waals surface area contributed by atoms with Gasteiger partial charge in [0.05, 0.1) is 5.25 Å². The fourth-order valence-electron chi connectivity index (χ4n) is 2.27. The predicted molar refractivity (Wildman–Crippen MR) is 103 cm³/mol. The molecule has 130 valence electrons. The van der Waals surface area contributed by atoms with Crippen molar-refractivity contribution in [3.05, 3.63) is 53.6 Å². The predicted octanol–water partition coefficient (Wildman–Crippen LogP) is 4.81. The van der Waals surface area contributed by atoms with Gasteiger partial charge in [-0.3, -0.25) is 9.59 Å². The highest BCUT2D eigenvalue weighted by Gasteiger charge is 2.29. The number of carbonyl (C=O) groups is 2. The lowest BCUT2D eigenvalue weighted by molar-refractivity contribution is -0.117. The first-order valence-corrected chi connectivity index (χ1v) is 9.41. The molecule has 1 aliphatic carbocycles. The Morgan fingerprint density at radius 1 is 1.08 bits per heavy atom. The zero-order valence-electron chi connectivity index (χ0n) is 13.8. The fraction of sp³-hybridized carbons (Fsp3) is 0.263. The van der Waals surface area contributed by atoms with Crippen LogP contribution in [0.4, 0.5) is 11.4 Å². The third-order valence-electron chi connectivity index (χ3n) is 3.84. The minimum absolute atomic E-state index is 0.0848. The number of hydrogen-bond acceptors (Lipinski definition) is 3. The summed E-state index contributed by atoms with van der Waals surface area (Å²) < 4.78 is 0. The lowest BCUT2D eigenvalue weighted by atomic mass is 10.3. The molecule has 1 unspecified atom stereocenters. The van der Waals surface area contributed by atoms with Crippen molar-refractivity contribution in [2.24, 2.45) is 5.92 Å². The monoisotopic (exact) mass is 374 g/mol. The number of amides is 2. The maximum atomic E-state index is 12.3. The Morgan fingerprint density at radius 2 is 1.80 bits per heavy atom. The lowest BCUT2D eigenvalue weighted by Gasteiger charge is -2.13. The first-order valence-electron chi connectivity index (χ1n) is 8.15. The summed E-state index contributed by atoms with van der Waals surface area (Å²) in [5.41, 5.74) is 1.47. The highest BCUT2D eigenvalue weighted by Crippen LogP contribution is 2.31. The summed E-state index contributed by atoms with van der Waals surface area (Å²) in [6.45, 7) is 1.85. The quantitative estimate of drug-likeness (QED) is 0.713. The number of thioether (sulfide) groups is 1. The van der Waals surface area contributed by atoms with Crippen LogP contribution in [0.25, 0.3) is 0 Å². The van der Waals surface area contributed by atoms with E-state index in [1.165, 1.54) is 11.8 Å². The summed E-state index contributed by atoms with van der Waals surface area (Å²) in [6.07, 6.45) is 1.97. The van der Waals surface area contributed by atoms with E-state index in [1.54, 1.807) is 24.3 Å². The van der Waals surface area contributed by atoms with Gasteiger partial charge < -0.3 is 10.6 Å². The van der Waals surface area contributed by atoms with Crippen molar-refractivity contribution in [3.63, 3.8) is 0 Å². The molecule has 0 spiro atoms. The molecule has 0 bridgehead atoms. The smallest absolute Gasteiger partial charge is 0.237 e.